The summed E-state index contributed by atoms with van der Waals surface area (Å²) in [7, 11) is 0. The summed E-state index contributed by atoms with van der Waals surface area (Å²) >= 11 is 3.16. The van der Waals surface area contributed by atoms with Crippen LogP contribution in [0.3, 0.4) is 0 Å². The van der Waals surface area contributed by atoms with Gasteiger partial charge in [-0.15, -0.1) is 0 Å². The van der Waals surface area contributed by atoms with Crippen molar-refractivity contribution in [3.63, 3.8) is 0 Å². The van der Waals surface area contributed by atoms with Crippen LogP contribution in [0.4, 0.5) is 4.39 Å². The van der Waals surface area contributed by atoms with E-state index in [2.05, 4.69) is 15.9 Å². The molecule has 3 rings (SSSR count). The van der Waals surface area contributed by atoms with Gasteiger partial charge in [-0.1, -0.05) is 15.9 Å². The van der Waals surface area contributed by atoms with Crippen LogP contribution in [0.15, 0.2) is 45.5 Å². The van der Waals surface area contributed by atoms with Crippen molar-refractivity contribution in [3.05, 3.63) is 52.6 Å². The van der Waals surface area contributed by atoms with Crippen molar-refractivity contribution in [3.8, 4) is 5.75 Å². The zero-order valence-corrected chi connectivity index (χ0v) is 14.9. The first-order chi connectivity index (χ1) is 12.0. The molecule has 8 heteroatoms. The molecule has 0 bridgehead atoms. The maximum Gasteiger partial charge on any atom is 0.289 e. The smallest absolute Gasteiger partial charge is 0.289 e. The monoisotopic (exact) mass is 410 g/mol. The van der Waals surface area contributed by atoms with Crippen LogP contribution < -0.4 is 4.74 Å². The summed E-state index contributed by atoms with van der Waals surface area (Å²) in [5, 5.41) is 0. The van der Waals surface area contributed by atoms with E-state index in [-0.39, 0.29) is 29.9 Å². The summed E-state index contributed by atoms with van der Waals surface area (Å²) in [6, 6.07) is 7.65. The SMILES string of the molecule is O=C(COc1ccc(Br)cc1F)N1CCN(C(=O)c2ccco2)CC1. The highest BCUT2D eigenvalue weighted by Crippen LogP contribution is 2.21. The number of carbonyl (C=O) groups excluding carboxylic acids is 2. The molecule has 0 radical (unpaired) electrons. The van der Waals surface area contributed by atoms with Crippen LogP contribution in [-0.4, -0.2) is 54.4 Å². The zero-order valence-electron chi connectivity index (χ0n) is 13.3. The van der Waals surface area contributed by atoms with Gasteiger partial charge in [0.2, 0.25) is 0 Å². The van der Waals surface area contributed by atoms with Crippen LogP contribution in [0.25, 0.3) is 0 Å². The molecule has 0 N–H and O–H groups in total. The van der Waals surface area contributed by atoms with Crippen molar-refractivity contribution < 1.29 is 23.1 Å². The van der Waals surface area contributed by atoms with Gasteiger partial charge in [0, 0.05) is 30.7 Å². The first kappa shape index (κ1) is 17.5. The Labute approximate surface area is 152 Å². The molecule has 0 aliphatic carbocycles. The third-order valence-electron chi connectivity index (χ3n) is 3.90. The van der Waals surface area contributed by atoms with E-state index < -0.39 is 5.82 Å². The first-order valence-electron chi connectivity index (χ1n) is 7.73. The Morgan fingerprint density at radius 1 is 1.16 bits per heavy atom. The molecule has 6 nitrogen and oxygen atoms in total. The molecule has 1 aromatic heterocycles. The van der Waals surface area contributed by atoms with Crippen LogP contribution in [0, 0.1) is 5.82 Å². The Bertz CT molecular complexity index is 758. The van der Waals surface area contributed by atoms with E-state index in [1.165, 1.54) is 18.4 Å². The second kappa shape index (κ2) is 7.69. The van der Waals surface area contributed by atoms with Crippen molar-refractivity contribution in [2.45, 2.75) is 0 Å². The summed E-state index contributed by atoms with van der Waals surface area (Å²) in [5.74, 6) is -0.647. The van der Waals surface area contributed by atoms with Crippen molar-refractivity contribution >= 4 is 27.7 Å². The molecule has 1 aromatic carbocycles. The molecule has 0 saturated carbocycles. The molecule has 0 unspecified atom stereocenters. The van der Waals surface area contributed by atoms with E-state index >= 15 is 0 Å². The number of amides is 2. The quantitative estimate of drug-likeness (QED) is 0.776. The largest absolute Gasteiger partial charge is 0.481 e. The lowest BCUT2D eigenvalue weighted by molar-refractivity contribution is -0.134. The van der Waals surface area contributed by atoms with Crippen molar-refractivity contribution in [2.75, 3.05) is 32.8 Å². The predicted molar refractivity (Wildman–Crippen MR) is 90.8 cm³/mol. The van der Waals surface area contributed by atoms with Crippen LogP contribution in [0.2, 0.25) is 0 Å². The van der Waals surface area contributed by atoms with Gasteiger partial charge in [-0.2, -0.15) is 0 Å². The Morgan fingerprint density at radius 2 is 1.88 bits per heavy atom. The van der Waals surface area contributed by atoms with Crippen molar-refractivity contribution in [2.24, 2.45) is 0 Å². The fourth-order valence-electron chi connectivity index (χ4n) is 2.54. The van der Waals surface area contributed by atoms with E-state index in [9.17, 15) is 14.0 Å². The number of furan rings is 1. The Balaban J connectivity index is 1.49. The third kappa shape index (κ3) is 4.19. The van der Waals surface area contributed by atoms with Crippen LogP contribution in [0.1, 0.15) is 10.6 Å². The standard InChI is InChI=1S/C17H16BrFN2O4/c18-12-3-4-14(13(19)10-12)25-11-16(22)20-5-7-21(8-6-20)17(23)15-2-1-9-24-15/h1-4,9-10H,5-8,11H2. The number of ether oxygens (including phenoxy) is 1. The topological polar surface area (TPSA) is 63.0 Å². The van der Waals surface area contributed by atoms with Gasteiger partial charge >= 0.3 is 0 Å². The Morgan fingerprint density at radius 3 is 2.52 bits per heavy atom. The molecular weight excluding hydrogens is 395 g/mol. The minimum absolute atomic E-state index is 0.0307. The van der Waals surface area contributed by atoms with Crippen molar-refractivity contribution in [1.29, 1.82) is 0 Å². The fraction of sp³-hybridized carbons (Fsp3) is 0.294. The summed E-state index contributed by atoms with van der Waals surface area (Å²) in [5.41, 5.74) is 0. The maximum absolute atomic E-state index is 13.7. The summed E-state index contributed by atoms with van der Waals surface area (Å²) in [4.78, 5) is 27.6. The number of hydrogen-bond acceptors (Lipinski definition) is 4. The highest BCUT2D eigenvalue weighted by Gasteiger charge is 2.26. The number of piperazine rings is 1. The van der Waals surface area contributed by atoms with Crippen molar-refractivity contribution in [1.82, 2.24) is 9.80 Å². The van der Waals surface area contributed by atoms with Gasteiger partial charge in [-0.05, 0) is 30.3 Å². The molecule has 1 fully saturated rings. The summed E-state index contributed by atoms with van der Waals surface area (Å²) in [6.07, 6.45) is 1.45. The third-order valence-corrected chi connectivity index (χ3v) is 4.39. The van der Waals surface area contributed by atoms with E-state index in [0.29, 0.717) is 30.7 Å². The maximum atomic E-state index is 13.7. The molecule has 1 aliphatic heterocycles. The van der Waals surface area contributed by atoms with Crippen LogP contribution in [-0.2, 0) is 4.79 Å². The number of rotatable bonds is 4. The molecule has 132 valence electrons. The number of nitrogens with zero attached hydrogens (tertiary/aromatic N) is 2. The van der Waals surface area contributed by atoms with Gasteiger partial charge in [-0.25, -0.2) is 4.39 Å². The molecule has 2 heterocycles. The second-order valence-corrected chi connectivity index (χ2v) is 6.43. The zero-order chi connectivity index (χ0) is 17.8. The lowest BCUT2D eigenvalue weighted by atomic mass is 10.3. The van der Waals surface area contributed by atoms with Gasteiger partial charge < -0.3 is 19.0 Å². The number of carbonyl (C=O) groups is 2. The lowest BCUT2D eigenvalue weighted by Crippen LogP contribution is -2.51. The van der Waals surface area contributed by atoms with E-state index in [1.807, 2.05) is 0 Å². The van der Waals surface area contributed by atoms with Gasteiger partial charge in [0.1, 0.15) is 0 Å². The number of benzene rings is 1. The number of hydrogen-bond donors (Lipinski definition) is 0. The molecule has 1 aliphatic rings. The molecule has 0 spiro atoms. The van der Waals surface area contributed by atoms with Gasteiger partial charge in [-0.3, -0.25) is 9.59 Å². The molecule has 25 heavy (non-hydrogen) atoms. The van der Waals surface area contributed by atoms with E-state index in [0.717, 1.165) is 0 Å². The van der Waals surface area contributed by atoms with E-state index in [4.69, 9.17) is 9.15 Å². The molecular formula is C17H16BrFN2O4. The molecule has 2 amide bonds. The predicted octanol–water partition coefficient (Wildman–Crippen LogP) is 2.54. The van der Waals surface area contributed by atoms with Gasteiger partial charge in [0.05, 0.1) is 6.26 Å². The van der Waals surface area contributed by atoms with Gasteiger partial charge in [0.25, 0.3) is 11.8 Å². The first-order valence-corrected chi connectivity index (χ1v) is 8.52. The summed E-state index contributed by atoms with van der Waals surface area (Å²) < 4.78 is 24.6. The van der Waals surface area contributed by atoms with Crippen LogP contribution >= 0.6 is 15.9 Å². The molecule has 1 saturated heterocycles. The lowest BCUT2D eigenvalue weighted by Gasteiger charge is -2.34. The minimum atomic E-state index is -0.531. The Kier molecular flexibility index (Phi) is 5.37. The summed E-state index contributed by atoms with van der Waals surface area (Å²) in [6.45, 7) is 1.38. The minimum Gasteiger partial charge on any atom is -0.481 e. The van der Waals surface area contributed by atoms with Crippen LogP contribution in [0.5, 0.6) is 5.75 Å². The average Bonchev–Trinajstić information content (AvgIpc) is 3.15. The van der Waals surface area contributed by atoms with E-state index in [1.54, 1.807) is 28.0 Å². The Hall–Kier alpha value is -2.35. The fourth-order valence-corrected chi connectivity index (χ4v) is 2.87. The van der Waals surface area contributed by atoms with Gasteiger partial charge in [0.15, 0.2) is 23.9 Å². The second-order valence-electron chi connectivity index (χ2n) is 5.51. The highest BCUT2D eigenvalue weighted by molar-refractivity contribution is 9.10. The molecule has 2 aromatic rings. The average molecular weight is 411 g/mol. The number of halogens is 2. The molecule has 0 atom stereocenters. The highest BCUT2D eigenvalue weighted by atomic mass is 79.9. The normalized spacial score (nSPS) is 14.5.